The monoisotopic (exact) mass is 486 g/mol. The number of amides is 1. The van der Waals surface area contributed by atoms with Gasteiger partial charge in [-0.1, -0.05) is 12.1 Å². The molecule has 182 valence electrons. The molecular weight excluding hydrogens is 464 g/mol. The molecule has 0 saturated heterocycles. The molecule has 0 spiro atoms. The molecule has 9 heteroatoms. The fourth-order valence-corrected chi connectivity index (χ4v) is 3.52. The average Bonchev–Trinajstić information content (AvgIpc) is 3.62. The van der Waals surface area contributed by atoms with Crippen molar-refractivity contribution in [1.82, 2.24) is 4.98 Å². The number of alkyl halides is 2. The molecule has 1 heterocycles. The first kappa shape index (κ1) is 24.4. The van der Waals surface area contributed by atoms with Crippen molar-refractivity contribution in [3.63, 3.8) is 0 Å². The third kappa shape index (κ3) is 6.44. The Labute approximate surface area is 199 Å². The van der Waals surface area contributed by atoms with Crippen LogP contribution in [-0.4, -0.2) is 16.7 Å². The van der Waals surface area contributed by atoms with Gasteiger partial charge in [0.15, 0.2) is 11.6 Å². The van der Waals surface area contributed by atoms with Gasteiger partial charge in [0, 0.05) is 37.9 Å². The van der Waals surface area contributed by atoms with E-state index < -0.39 is 23.1 Å². The number of aromatic nitrogens is 1. The maximum atomic E-state index is 14.6. The summed E-state index contributed by atoms with van der Waals surface area (Å²) >= 11 is 0. The van der Waals surface area contributed by atoms with E-state index in [-0.39, 0.29) is 47.5 Å². The third-order valence-electron chi connectivity index (χ3n) is 5.46. The van der Waals surface area contributed by atoms with Crippen LogP contribution in [0.5, 0.6) is 11.5 Å². The third-order valence-corrected chi connectivity index (χ3v) is 5.46. The molecule has 5 nitrogen and oxygen atoms in total. The van der Waals surface area contributed by atoms with E-state index >= 15 is 0 Å². The lowest BCUT2D eigenvalue weighted by molar-refractivity contribution is -0.118. The highest BCUT2D eigenvalue weighted by Crippen LogP contribution is 2.32. The number of hydrogen-bond acceptors (Lipinski definition) is 4. The predicted octanol–water partition coefficient (Wildman–Crippen LogP) is 5.97. The summed E-state index contributed by atoms with van der Waals surface area (Å²) < 4.78 is 60.9. The summed E-state index contributed by atoms with van der Waals surface area (Å²) in [6.45, 7) is 0.584. The van der Waals surface area contributed by atoms with E-state index in [1.807, 2.05) is 0 Å². The molecule has 1 saturated carbocycles. The van der Waals surface area contributed by atoms with Gasteiger partial charge in [0.05, 0.1) is 5.56 Å². The molecule has 0 bridgehead atoms. The Morgan fingerprint density at radius 3 is 2.34 bits per heavy atom. The maximum Gasteiger partial charge on any atom is 0.273 e. The molecule has 1 aromatic heterocycles. The highest BCUT2D eigenvalue weighted by atomic mass is 19.3. The zero-order valence-electron chi connectivity index (χ0n) is 18.8. The fraction of sp³-hybridized carbons (Fsp3) is 0.269. The minimum atomic E-state index is -3.37. The summed E-state index contributed by atoms with van der Waals surface area (Å²) in [6, 6.07) is 10.2. The zero-order valence-corrected chi connectivity index (χ0v) is 18.8. The van der Waals surface area contributed by atoms with Crippen molar-refractivity contribution in [3.05, 3.63) is 83.1 Å². The number of benzene rings is 2. The van der Waals surface area contributed by atoms with Gasteiger partial charge in [-0.25, -0.2) is 22.5 Å². The first-order valence-corrected chi connectivity index (χ1v) is 11.0. The number of rotatable bonds is 9. The lowest BCUT2D eigenvalue weighted by atomic mass is 9.99. The van der Waals surface area contributed by atoms with E-state index in [1.165, 1.54) is 36.5 Å². The van der Waals surface area contributed by atoms with Crippen LogP contribution in [0.4, 0.5) is 23.4 Å². The predicted molar refractivity (Wildman–Crippen MR) is 120 cm³/mol. The Morgan fingerprint density at radius 1 is 1.00 bits per heavy atom. The van der Waals surface area contributed by atoms with Crippen molar-refractivity contribution in [2.24, 2.45) is 5.92 Å². The standard InChI is InChI=1S/C26H22F4N2O3/c1-26(29,30)20-12-15(2-6-21(20)27)10-18(33)11-16-3-7-23(22(28)13-16)35-19-8-9-31-24(14-19)32-25(34)17-4-5-17/h2-3,6-9,12-14,17H,4-5,10-11H2,1H3,(H,31,32,34). The topological polar surface area (TPSA) is 68.3 Å². The van der Waals surface area contributed by atoms with Crippen LogP contribution in [0.2, 0.25) is 0 Å². The van der Waals surface area contributed by atoms with Gasteiger partial charge < -0.3 is 10.1 Å². The Bertz CT molecular complexity index is 1270. The number of ketones is 1. The van der Waals surface area contributed by atoms with E-state index in [9.17, 15) is 27.2 Å². The van der Waals surface area contributed by atoms with Crippen LogP contribution in [0.25, 0.3) is 0 Å². The summed E-state index contributed by atoms with van der Waals surface area (Å²) in [5.74, 6) is -5.09. The van der Waals surface area contributed by atoms with E-state index in [2.05, 4.69) is 10.3 Å². The lowest BCUT2D eigenvalue weighted by Gasteiger charge is -2.13. The van der Waals surface area contributed by atoms with Gasteiger partial charge in [-0.2, -0.15) is 0 Å². The molecule has 1 fully saturated rings. The van der Waals surface area contributed by atoms with Crippen LogP contribution >= 0.6 is 0 Å². The summed E-state index contributed by atoms with van der Waals surface area (Å²) in [5.41, 5.74) is -0.160. The second kappa shape index (κ2) is 9.85. The normalized spacial score (nSPS) is 13.4. The summed E-state index contributed by atoms with van der Waals surface area (Å²) in [5, 5.41) is 2.69. The van der Waals surface area contributed by atoms with Crippen molar-refractivity contribution >= 4 is 17.5 Å². The molecule has 3 aromatic rings. The van der Waals surface area contributed by atoms with Crippen LogP contribution in [0.15, 0.2) is 54.7 Å². The molecule has 1 aliphatic carbocycles. The van der Waals surface area contributed by atoms with Crippen LogP contribution < -0.4 is 10.1 Å². The Kier molecular flexibility index (Phi) is 6.86. The molecule has 0 radical (unpaired) electrons. The Hall–Kier alpha value is -3.75. The minimum absolute atomic E-state index is 0.00627. The quantitative estimate of drug-likeness (QED) is 0.379. The van der Waals surface area contributed by atoms with E-state index in [1.54, 1.807) is 0 Å². The SMILES string of the molecule is CC(F)(F)c1cc(CC(=O)Cc2ccc(Oc3ccnc(NC(=O)C4CC4)c3)c(F)c2)ccc1F. The van der Waals surface area contributed by atoms with Gasteiger partial charge in [0.2, 0.25) is 5.91 Å². The molecule has 0 aliphatic heterocycles. The molecule has 1 aliphatic rings. The first-order valence-electron chi connectivity index (χ1n) is 11.0. The number of pyridine rings is 1. The number of Topliss-reactive ketones (excluding diaryl/α,β-unsaturated/α-hetero) is 1. The zero-order chi connectivity index (χ0) is 25.2. The van der Waals surface area contributed by atoms with Gasteiger partial charge in [-0.15, -0.1) is 0 Å². The molecule has 2 aromatic carbocycles. The Morgan fingerprint density at radius 2 is 1.69 bits per heavy atom. The summed E-state index contributed by atoms with van der Waals surface area (Å²) in [6.07, 6.45) is 2.79. The van der Waals surface area contributed by atoms with E-state index in [4.69, 9.17) is 4.74 Å². The molecule has 4 rings (SSSR count). The molecular formula is C26H22F4N2O3. The maximum absolute atomic E-state index is 14.6. The molecule has 1 amide bonds. The van der Waals surface area contributed by atoms with Crippen molar-refractivity contribution in [1.29, 1.82) is 0 Å². The Balaban J connectivity index is 1.39. The van der Waals surface area contributed by atoms with Crippen LogP contribution in [0, 0.1) is 17.6 Å². The molecule has 35 heavy (non-hydrogen) atoms. The average molecular weight is 486 g/mol. The molecule has 1 N–H and O–H groups in total. The van der Waals surface area contributed by atoms with Gasteiger partial charge >= 0.3 is 0 Å². The first-order chi connectivity index (χ1) is 16.6. The number of halogens is 4. The molecule has 0 unspecified atom stereocenters. The van der Waals surface area contributed by atoms with Gasteiger partial charge in [-0.05, 0) is 54.3 Å². The number of anilines is 1. The fourth-order valence-electron chi connectivity index (χ4n) is 3.52. The van der Waals surface area contributed by atoms with Crippen molar-refractivity contribution in [2.45, 2.75) is 38.5 Å². The van der Waals surface area contributed by atoms with E-state index in [0.717, 1.165) is 31.0 Å². The smallest absolute Gasteiger partial charge is 0.273 e. The van der Waals surface area contributed by atoms with Gasteiger partial charge in [0.25, 0.3) is 5.92 Å². The van der Waals surface area contributed by atoms with Crippen LogP contribution in [0.3, 0.4) is 0 Å². The lowest BCUT2D eigenvalue weighted by Crippen LogP contribution is -2.14. The second-order valence-corrected chi connectivity index (χ2v) is 8.60. The van der Waals surface area contributed by atoms with E-state index in [0.29, 0.717) is 18.3 Å². The highest BCUT2D eigenvalue weighted by Gasteiger charge is 2.30. The van der Waals surface area contributed by atoms with Crippen molar-refractivity contribution < 1.29 is 31.9 Å². The molecule has 0 atom stereocenters. The second-order valence-electron chi connectivity index (χ2n) is 8.60. The number of carbonyl (C=O) groups excluding carboxylic acids is 2. The summed E-state index contributed by atoms with van der Waals surface area (Å²) in [7, 11) is 0. The number of ether oxygens (including phenoxy) is 1. The van der Waals surface area contributed by atoms with Crippen LogP contribution in [0.1, 0.15) is 36.5 Å². The van der Waals surface area contributed by atoms with Gasteiger partial charge in [-0.3, -0.25) is 9.59 Å². The number of carbonyl (C=O) groups is 2. The largest absolute Gasteiger partial charge is 0.454 e. The highest BCUT2D eigenvalue weighted by molar-refractivity contribution is 5.93. The number of nitrogens with zero attached hydrogens (tertiary/aromatic N) is 1. The number of hydrogen-bond donors (Lipinski definition) is 1. The number of nitrogens with one attached hydrogen (secondary N) is 1. The van der Waals surface area contributed by atoms with Crippen molar-refractivity contribution in [3.8, 4) is 11.5 Å². The van der Waals surface area contributed by atoms with Crippen LogP contribution in [-0.2, 0) is 28.4 Å². The minimum Gasteiger partial charge on any atom is -0.454 e. The summed E-state index contributed by atoms with van der Waals surface area (Å²) in [4.78, 5) is 28.4. The van der Waals surface area contributed by atoms with Crippen molar-refractivity contribution in [2.75, 3.05) is 5.32 Å². The van der Waals surface area contributed by atoms with Gasteiger partial charge in [0.1, 0.15) is 23.2 Å².